The molecule has 0 heterocycles. The molecule has 0 aromatic heterocycles. The van der Waals surface area contributed by atoms with E-state index in [1.165, 1.54) is 19.3 Å². The molecule has 0 aromatic rings. The van der Waals surface area contributed by atoms with Crippen molar-refractivity contribution in [3.8, 4) is 0 Å². The van der Waals surface area contributed by atoms with Crippen LogP contribution in [0.1, 0.15) is 53.4 Å². The van der Waals surface area contributed by atoms with Gasteiger partial charge in [0.1, 0.15) is 0 Å². The Hall–Kier alpha value is -0.0800. The molecule has 102 valence electrons. The van der Waals surface area contributed by atoms with Crippen molar-refractivity contribution in [2.24, 2.45) is 17.8 Å². The first kappa shape index (κ1) is 15.0. The first-order valence-corrected chi connectivity index (χ1v) is 7.12. The Labute approximate surface area is 108 Å². The number of nitrogens with one attached hydrogen (secondary N) is 1. The predicted molar refractivity (Wildman–Crippen MR) is 74.2 cm³/mol. The lowest BCUT2D eigenvalue weighted by Crippen LogP contribution is -2.43. The van der Waals surface area contributed by atoms with Gasteiger partial charge in [0.2, 0.25) is 0 Å². The lowest BCUT2D eigenvalue weighted by atomic mass is 9.71. The molecule has 0 saturated heterocycles. The van der Waals surface area contributed by atoms with Crippen molar-refractivity contribution in [1.82, 2.24) is 5.32 Å². The van der Waals surface area contributed by atoms with Gasteiger partial charge in [-0.1, -0.05) is 20.3 Å². The lowest BCUT2D eigenvalue weighted by molar-refractivity contribution is -0.00231. The van der Waals surface area contributed by atoms with E-state index in [1.807, 2.05) is 7.11 Å². The zero-order valence-corrected chi connectivity index (χ0v) is 12.5. The van der Waals surface area contributed by atoms with Crippen LogP contribution in [-0.4, -0.2) is 25.8 Å². The molecular weight excluding hydrogens is 210 g/mol. The summed E-state index contributed by atoms with van der Waals surface area (Å²) in [5, 5.41) is 3.52. The number of rotatable bonds is 5. The maximum atomic E-state index is 5.57. The standard InChI is InChI=1S/C15H31NO/c1-11-7-8-13(9-12(11)2)14(16-5)10-15(3,4)17-6/h11-14,16H,7-10H2,1-6H3. The maximum absolute atomic E-state index is 5.57. The predicted octanol–water partition coefficient (Wildman–Crippen LogP) is 3.46. The second-order valence-corrected chi connectivity index (χ2v) is 6.59. The summed E-state index contributed by atoms with van der Waals surface area (Å²) < 4.78 is 5.57. The first-order chi connectivity index (χ1) is 7.89. The van der Waals surface area contributed by atoms with Crippen LogP contribution in [0.2, 0.25) is 0 Å². The molecule has 4 unspecified atom stereocenters. The SMILES string of the molecule is CNC(CC(C)(C)OC)C1CCC(C)C(C)C1. The number of hydrogen-bond acceptors (Lipinski definition) is 2. The van der Waals surface area contributed by atoms with E-state index in [1.54, 1.807) is 0 Å². The van der Waals surface area contributed by atoms with Crippen LogP contribution in [0.25, 0.3) is 0 Å². The van der Waals surface area contributed by atoms with E-state index in [4.69, 9.17) is 4.74 Å². The second-order valence-electron chi connectivity index (χ2n) is 6.59. The molecule has 0 aliphatic heterocycles. The summed E-state index contributed by atoms with van der Waals surface area (Å²) in [5.41, 5.74) is -0.0139. The average Bonchev–Trinajstić information content (AvgIpc) is 2.30. The van der Waals surface area contributed by atoms with Gasteiger partial charge in [-0.15, -0.1) is 0 Å². The quantitative estimate of drug-likeness (QED) is 0.796. The van der Waals surface area contributed by atoms with Gasteiger partial charge in [-0.3, -0.25) is 0 Å². The van der Waals surface area contributed by atoms with E-state index in [0.29, 0.717) is 6.04 Å². The molecule has 1 fully saturated rings. The minimum absolute atomic E-state index is 0.0139. The van der Waals surface area contributed by atoms with E-state index in [-0.39, 0.29) is 5.60 Å². The highest BCUT2D eigenvalue weighted by molar-refractivity contribution is 4.87. The summed E-state index contributed by atoms with van der Waals surface area (Å²) in [6.07, 6.45) is 5.23. The Balaban J connectivity index is 2.56. The van der Waals surface area contributed by atoms with Crippen LogP contribution in [0.4, 0.5) is 0 Å². The molecule has 1 N–H and O–H groups in total. The first-order valence-electron chi connectivity index (χ1n) is 7.12. The minimum atomic E-state index is -0.0139. The van der Waals surface area contributed by atoms with Gasteiger partial charge >= 0.3 is 0 Å². The smallest absolute Gasteiger partial charge is 0.0637 e. The molecule has 0 aromatic carbocycles. The third-order valence-corrected chi connectivity index (χ3v) is 4.84. The normalized spacial score (nSPS) is 32.5. The molecule has 4 atom stereocenters. The van der Waals surface area contributed by atoms with E-state index in [2.05, 4.69) is 40.1 Å². The summed E-state index contributed by atoms with van der Waals surface area (Å²) in [6, 6.07) is 0.597. The molecule has 2 nitrogen and oxygen atoms in total. The Morgan fingerprint density at radius 1 is 1.24 bits per heavy atom. The van der Waals surface area contributed by atoms with Gasteiger partial charge in [0.25, 0.3) is 0 Å². The van der Waals surface area contributed by atoms with E-state index in [0.717, 1.165) is 24.2 Å². The summed E-state index contributed by atoms with van der Waals surface area (Å²) in [5.74, 6) is 2.59. The fourth-order valence-corrected chi connectivity index (χ4v) is 3.07. The Morgan fingerprint density at radius 2 is 1.88 bits per heavy atom. The van der Waals surface area contributed by atoms with E-state index >= 15 is 0 Å². The summed E-state index contributed by atoms with van der Waals surface area (Å²) in [4.78, 5) is 0. The van der Waals surface area contributed by atoms with Crippen LogP contribution in [0.5, 0.6) is 0 Å². The second kappa shape index (κ2) is 6.19. The average molecular weight is 241 g/mol. The van der Waals surface area contributed by atoms with Crippen LogP contribution in [0.3, 0.4) is 0 Å². The highest BCUT2D eigenvalue weighted by Gasteiger charge is 2.32. The minimum Gasteiger partial charge on any atom is -0.379 e. The monoisotopic (exact) mass is 241 g/mol. The molecule has 1 aliphatic carbocycles. The van der Waals surface area contributed by atoms with Crippen LogP contribution in [-0.2, 0) is 4.74 Å². The van der Waals surface area contributed by atoms with Gasteiger partial charge in [0, 0.05) is 13.2 Å². The summed E-state index contributed by atoms with van der Waals surface area (Å²) >= 11 is 0. The highest BCUT2D eigenvalue weighted by Crippen LogP contribution is 2.36. The third-order valence-electron chi connectivity index (χ3n) is 4.84. The number of ether oxygens (including phenoxy) is 1. The van der Waals surface area contributed by atoms with Gasteiger partial charge in [-0.2, -0.15) is 0 Å². The van der Waals surface area contributed by atoms with Gasteiger partial charge in [0.05, 0.1) is 5.60 Å². The zero-order valence-electron chi connectivity index (χ0n) is 12.5. The topological polar surface area (TPSA) is 21.3 Å². The third kappa shape index (κ3) is 4.26. The Morgan fingerprint density at radius 3 is 2.35 bits per heavy atom. The molecule has 0 bridgehead atoms. The molecule has 2 heteroatoms. The molecule has 0 amide bonds. The van der Waals surface area contributed by atoms with E-state index < -0.39 is 0 Å². The van der Waals surface area contributed by atoms with Crippen molar-refractivity contribution < 1.29 is 4.74 Å². The molecular formula is C15H31NO. The van der Waals surface area contributed by atoms with Crippen molar-refractivity contribution >= 4 is 0 Å². The van der Waals surface area contributed by atoms with Crippen LogP contribution < -0.4 is 5.32 Å². The van der Waals surface area contributed by atoms with Gasteiger partial charge in [-0.05, 0) is 57.9 Å². The number of methoxy groups -OCH3 is 1. The van der Waals surface area contributed by atoms with Crippen LogP contribution in [0.15, 0.2) is 0 Å². The van der Waals surface area contributed by atoms with Crippen molar-refractivity contribution in [2.45, 2.75) is 65.0 Å². The Kier molecular flexibility index (Phi) is 5.46. The van der Waals surface area contributed by atoms with Crippen molar-refractivity contribution in [1.29, 1.82) is 0 Å². The van der Waals surface area contributed by atoms with Gasteiger partial charge in [-0.25, -0.2) is 0 Å². The van der Waals surface area contributed by atoms with Gasteiger partial charge < -0.3 is 10.1 Å². The number of hydrogen-bond donors (Lipinski definition) is 1. The fourth-order valence-electron chi connectivity index (χ4n) is 3.07. The molecule has 1 aliphatic rings. The van der Waals surface area contributed by atoms with Crippen molar-refractivity contribution in [2.75, 3.05) is 14.2 Å². The Bertz CT molecular complexity index is 227. The van der Waals surface area contributed by atoms with Crippen molar-refractivity contribution in [3.05, 3.63) is 0 Å². The van der Waals surface area contributed by atoms with Gasteiger partial charge in [0.15, 0.2) is 0 Å². The lowest BCUT2D eigenvalue weighted by Gasteiger charge is -2.39. The fraction of sp³-hybridized carbons (Fsp3) is 1.00. The largest absolute Gasteiger partial charge is 0.379 e. The molecule has 17 heavy (non-hydrogen) atoms. The zero-order chi connectivity index (χ0) is 13.1. The van der Waals surface area contributed by atoms with Crippen molar-refractivity contribution in [3.63, 3.8) is 0 Å². The molecule has 0 spiro atoms. The molecule has 1 saturated carbocycles. The highest BCUT2D eigenvalue weighted by atomic mass is 16.5. The van der Waals surface area contributed by atoms with Crippen LogP contribution >= 0.6 is 0 Å². The summed E-state index contributed by atoms with van der Waals surface area (Å²) in [7, 11) is 3.91. The van der Waals surface area contributed by atoms with Crippen LogP contribution in [0, 0.1) is 17.8 Å². The summed E-state index contributed by atoms with van der Waals surface area (Å²) in [6.45, 7) is 9.18. The molecule has 0 radical (unpaired) electrons. The maximum Gasteiger partial charge on any atom is 0.0637 e. The molecule has 1 rings (SSSR count). The van der Waals surface area contributed by atoms with E-state index in [9.17, 15) is 0 Å².